The molecule has 2 rings (SSSR count). The number of nitrogens with one attached hydrogen (secondary N) is 1. The summed E-state index contributed by atoms with van der Waals surface area (Å²) in [6.45, 7) is 1.46. The van der Waals surface area contributed by atoms with E-state index >= 15 is 0 Å². The molecule has 108 valence electrons. The molecule has 6 nitrogen and oxygen atoms in total. The van der Waals surface area contributed by atoms with Crippen molar-refractivity contribution in [3.63, 3.8) is 0 Å². The third kappa shape index (κ3) is 2.69. The van der Waals surface area contributed by atoms with Crippen LogP contribution in [0.2, 0.25) is 0 Å². The quantitative estimate of drug-likeness (QED) is 0.455. The summed E-state index contributed by atoms with van der Waals surface area (Å²) in [4.78, 5) is 21.8. The fourth-order valence-electron chi connectivity index (χ4n) is 2.06. The molecule has 8 heteroatoms. The lowest BCUT2D eigenvalue weighted by Gasteiger charge is -2.27. The number of carboxylic acid groups (broad SMARTS) is 1. The number of benzene rings is 1. The monoisotopic (exact) mass is 394 g/mol. The molecule has 0 heterocycles. The molecule has 1 aliphatic rings. The van der Waals surface area contributed by atoms with Crippen molar-refractivity contribution in [1.82, 2.24) is 0 Å². The van der Waals surface area contributed by atoms with Crippen LogP contribution < -0.4 is 5.32 Å². The average Bonchev–Trinajstić information content (AvgIpc) is 3.17. The van der Waals surface area contributed by atoms with E-state index in [0.717, 1.165) is 25.0 Å². The number of rotatable bonds is 5. The fraction of sp³-hybridized carbons (Fsp3) is 0.417. The zero-order valence-electron chi connectivity index (χ0n) is 10.5. The van der Waals surface area contributed by atoms with Crippen molar-refractivity contribution < 1.29 is 19.2 Å². The summed E-state index contributed by atoms with van der Waals surface area (Å²) in [5, 5.41) is 23.0. The number of aliphatic carboxylic acids is 1. The second-order valence-corrected chi connectivity index (χ2v) is 6.11. The van der Waals surface area contributed by atoms with Gasteiger partial charge in [-0.05, 0) is 48.3 Å². The van der Waals surface area contributed by atoms with Gasteiger partial charge in [0.1, 0.15) is 17.0 Å². The topological polar surface area (TPSA) is 92.5 Å². The Balaban J connectivity index is 2.44. The molecular formula is C12H12FIN2O4. The molecule has 0 amide bonds. The van der Waals surface area contributed by atoms with E-state index < -0.39 is 22.2 Å². The molecule has 0 aromatic heterocycles. The Labute approximate surface area is 127 Å². The molecule has 20 heavy (non-hydrogen) atoms. The first kappa shape index (κ1) is 14.9. The van der Waals surface area contributed by atoms with Crippen LogP contribution >= 0.6 is 22.6 Å². The summed E-state index contributed by atoms with van der Waals surface area (Å²) in [7, 11) is 0. The molecule has 1 saturated carbocycles. The molecule has 1 aromatic carbocycles. The Kier molecular flexibility index (Phi) is 3.85. The summed E-state index contributed by atoms with van der Waals surface area (Å²) in [5.41, 5.74) is -1.77. The normalized spacial score (nSPS) is 17.4. The van der Waals surface area contributed by atoms with E-state index in [2.05, 4.69) is 5.32 Å². The summed E-state index contributed by atoms with van der Waals surface area (Å²) >= 11 is 1.65. The molecule has 1 atom stereocenters. The third-order valence-corrected chi connectivity index (χ3v) is 4.29. The van der Waals surface area contributed by atoms with Gasteiger partial charge in [-0.2, -0.15) is 0 Å². The Hall–Kier alpha value is -1.45. The van der Waals surface area contributed by atoms with Crippen LogP contribution in [0.5, 0.6) is 0 Å². The van der Waals surface area contributed by atoms with Gasteiger partial charge in [0.15, 0.2) is 0 Å². The van der Waals surface area contributed by atoms with Gasteiger partial charge in [-0.1, -0.05) is 0 Å². The number of carboxylic acids is 1. The zero-order chi connectivity index (χ0) is 15.1. The van der Waals surface area contributed by atoms with E-state index in [-0.39, 0.29) is 20.9 Å². The van der Waals surface area contributed by atoms with Crippen LogP contribution in [-0.4, -0.2) is 21.5 Å². The molecule has 1 aromatic rings. The lowest BCUT2D eigenvalue weighted by atomic mass is 9.95. The molecule has 0 bridgehead atoms. The first-order valence-corrected chi connectivity index (χ1v) is 6.98. The molecule has 0 saturated heterocycles. The number of anilines is 1. The molecule has 2 N–H and O–H groups in total. The molecule has 0 radical (unpaired) electrons. The van der Waals surface area contributed by atoms with Crippen LogP contribution in [0.3, 0.4) is 0 Å². The molecule has 0 spiro atoms. The van der Waals surface area contributed by atoms with Gasteiger partial charge in [0.2, 0.25) is 0 Å². The van der Waals surface area contributed by atoms with Crippen LogP contribution in [0.25, 0.3) is 0 Å². The lowest BCUT2D eigenvalue weighted by Crippen LogP contribution is -2.45. The summed E-state index contributed by atoms with van der Waals surface area (Å²) in [6, 6.07) is 2.07. The Morgan fingerprint density at radius 2 is 2.20 bits per heavy atom. The second-order valence-electron chi connectivity index (χ2n) is 4.95. The van der Waals surface area contributed by atoms with E-state index in [4.69, 9.17) is 0 Å². The van der Waals surface area contributed by atoms with Gasteiger partial charge < -0.3 is 10.4 Å². The Bertz CT molecular complexity index is 591. The van der Waals surface area contributed by atoms with Crippen LogP contribution in [-0.2, 0) is 4.79 Å². The van der Waals surface area contributed by atoms with Crippen molar-refractivity contribution >= 4 is 39.9 Å². The molecule has 1 fully saturated rings. The van der Waals surface area contributed by atoms with Crippen LogP contribution in [0, 0.1) is 25.4 Å². The van der Waals surface area contributed by atoms with Gasteiger partial charge in [-0.15, -0.1) is 0 Å². The van der Waals surface area contributed by atoms with Crippen molar-refractivity contribution in [2.24, 2.45) is 5.92 Å². The van der Waals surface area contributed by atoms with Gasteiger partial charge in [-0.25, -0.2) is 9.18 Å². The smallest absolute Gasteiger partial charge is 0.329 e. The van der Waals surface area contributed by atoms with E-state index in [0.29, 0.717) is 0 Å². The minimum Gasteiger partial charge on any atom is -0.480 e. The largest absolute Gasteiger partial charge is 0.480 e. The van der Waals surface area contributed by atoms with Crippen molar-refractivity contribution in [2.45, 2.75) is 25.3 Å². The Morgan fingerprint density at radius 1 is 1.60 bits per heavy atom. The molecule has 1 unspecified atom stereocenters. The van der Waals surface area contributed by atoms with Crippen molar-refractivity contribution in [3.05, 3.63) is 31.6 Å². The maximum absolute atomic E-state index is 13.6. The zero-order valence-corrected chi connectivity index (χ0v) is 12.7. The van der Waals surface area contributed by atoms with Gasteiger partial charge >= 0.3 is 5.97 Å². The maximum atomic E-state index is 13.6. The van der Waals surface area contributed by atoms with Gasteiger partial charge in [-0.3, -0.25) is 10.1 Å². The van der Waals surface area contributed by atoms with Crippen LogP contribution in [0.15, 0.2) is 12.1 Å². The number of halogens is 2. The van der Waals surface area contributed by atoms with Crippen molar-refractivity contribution in [2.75, 3.05) is 5.32 Å². The SMILES string of the molecule is CC(Nc1cc(F)c(I)cc1[N+](=O)[O-])(C(=O)O)C1CC1. The Morgan fingerprint density at radius 3 is 2.65 bits per heavy atom. The van der Waals surface area contributed by atoms with E-state index in [9.17, 15) is 24.4 Å². The van der Waals surface area contributed by atoms with E-state index in [1.54, 1.807) is 22.6 Å². The lowest BCUT2D eigenvalue weighted by molar-refractivity contribution is -0.384. The first-order chi connectivity index (χ1) is 9.25. The van der Waals surface area contributed by atoms with Crippen molar-refractivity contribution in [1.29, 1.82) is 0 Å². The summed E-state index contributed by atoms with van der Waals surface area (Å²) in [6.07, 6.45) is 1.47. The first-order valence-electron chi connectivity index (χ1n) is 5.90. The minimum absolute atomic E-state index is 0.107. The number of nitro benzene ring substituents is 1. The van der Waals surface area contributed by atoms with Crippen LogP contribution in [0.1, 0.15) is 19.8 Å². The number of hydrogen-bond donors (Lipinski definition) is 2. The highest BCUT2D eigenvalue weighted by molar-refractivity contribution is 14.1. The molecule has 0 aliphatic heterocycles. The van der Waals surface area contributed by atoms with Gasteiger partial charge in [0.05, 0.1) is 8.49 Å². The van der Waals surface area contributed by atoms with Crippen molar-refractivity contribution in [3.8, 4) is 0 Å². The number of hydrogen-bond acceptors (Lipinski definition) is 4. The molecular weight excluding hydrogens is 382 g/mol. The third-order valence-electron chi connectivity index (χ3n) is 3.47. The standard InChI is InChI=1S/C12H12FIN2O4/c1-12(11(17)18,6-2-3-6)15-9-4-7(13)8(14)5-10(9)16(19)20/h4-6,15H,2-3H2,1H3,(H,17,18). The maximum Gasteiger partial charge on any atom is 0.329 e. The number of nitrogens with zero attached hydrogens (tertiary/aromatic N) is 1. The van der Waals surface area contributed by atoms with E-state index in [1.807, 2.05) is 0 Å². The van der Waals surface area contributed by atoms with Crippen LogP contribution in [0.4, 0.5) is 15.8 Å². The highest BCUT2D eigenvalue weighted by Gasteiger charge is 2.48. The van der Waals surface area contributed by atoms with Gasteiger partial charge in [0.25, 0.3) is 5.69 Å². The fourth-order valence-corrected chi connectivity index (χ4v) is 2.51. The highest BCUT2D eigenvalue weighted by Crippen LogP contribution is 2.43. The second kappa shape index (κ2) is 5.15. The average molecular weight is 394 g/mol. The minimum atomic E-state index is -1.33. The molecule has 1 aliphatic carbocycles. The number of nitro groups is 1. The van der Waals surface area contributed by atoms with E-state index in [1.165, 1.54) is 6.92 Å². The highest BCUT2D eigenvalue weighted by atomic mass is 127. The predicted octanol–water partition coefficient (Wildman–Crippen LogP) is 3.00. The predicted molar refractivity (Wildman–Crippen MR) is 78.2 cm³/mol. The number of carbonyl (C=O) groups is 1. The summed E-state index contributed by atoms with van der Waals surface area (Å²) in [5.74, 6) is -1.84. The summed E-state index contributed by atoms with van der Waals surface area (Å²) < 4.78 is 13.7. The van der Waals surface area contributed by atoms with Gasteiger partial charge in [0, 0.05) is 12.1 Å².